The zero-order valence-corrected chi connectivity index (χ0v) is 12.5. The molecule has 1 N–H and O–H groups in total. The van der Waals surface area contributed by atoms with E-state index in [2.05, 4.69) is 37.9 Å². The Labute approximate surface area is 112 Å². The van der Waals surface area contributed by atoms with Crippen LogP contribution in [0.3, 0.4) is 0 Å². The van der Waals surface area contributed by atoms with Crippen LogP contribution in [0.5, 0.6) is 0 Å². The highest BCUT2D eigenvalue weighted by Gasteiger charge is 2.34. The average molecular weight is 254 g/mol. The highest BCUT2D eigenvalue weighted by molar-refractivity contribution is 4.93. The molecule has 2 fully saturated rings. The number of hydrogen-bond acceptors (Lipinski definition) is 3. The van der Waals surface area contributed by atoms with Crippen LogP contribution in [0.1, 0.15) is 40.5 Å². The Hall–Kier alpha value is -0.120. The topological polar surface area (TPSA) is 24.5 Å². The maximum Gasteiger partial charge on any atom is 0.0507 e. The van der Waals surface area contributed by atoms with Crippen molar-refractivity contribution in [2.75, 3.05) is 32.8 Å². The average Bonchev–Trinajstić information content (AvgIpc) is 2.74. The third-order valence-electron chi connectivity index (χ3n) is 4.19. The van der Waals surface area contributed by atoms with Crippen LogP contribution in [0.2, 0.25) is 0 Å². The first-order valence-corrected chi connectivity index (χ1v) is 7.53. The number of nitrogens with zero attached hydrogens (tertiary/aromatic N) is 1. The summed E-state index contributed by atoms with van der Waals surface area (Å²) < 4.78 is 5.52. The number of hydrogen-bond donors (Lipinski definition) is 1. The van der Waals surface area contributed by atoms with Crippen molar-refractivity contribution in [3.8, 4) is 0 Å². The molecule has 2 atom stereocenters. The van der Waals surface area contributed by atoms with Crippen LogP contribution in [0.4, 0.5) is 0 Å². The molecule has 18 heavy (non-hydrogen) atoms. The summed E-state index contributed by atoms with van der Waals surface area (Å²) in [6.45, 7) is 14.8. The van der Waals surface area contributed by atoms with Gasteiger partial charge in [-0.2, -0.15) is 0 Å². The number of ether oxygens (including phenoxy) is 1. The van der Waals surface area contributed by atoms with E-state index in [1.54, 1.807) is 0 Å². The van der Waals surface area contributed by atoms with Crippen molar-refractivity contribution >= 4 is 0 Å². The Balaban J connectivity index is 1.94. The molecule has 0 aromatic rings. The minimum atomic E-state index is 0.257. The molecule has 0 radical (unpaired) electrons. The number of nitrogens with one attached hydrogen (secondary N) is 1. The van der Waals surface area contributed by atoms with Gasteiger partial charge in [-0.05, 0) is 38.5 Å². The molecule has 2 aliphatic rings. The lowest BCUT2D eigenvalue weighted by molar-refractivity contribution is 0.0644. The summed E-state index contributed by atoms with van der Waals surface area (Å²) in [7, 11) is 0. The van der Waals surface area contributed by atoms with Gasteiger partial charge in [0.15, 0.2) is 0 Å². The molecule has 2 rings (SSSR count). The standard InChI is InChI=1S/C15H30N2O/c1-12(2)7-14-8-16-15(3,4)11-17(14)9-13-5-6-18-10-13/h12-14,16H,5-11H2,1-4H3. The quantitative estimate of drug-likeness (QED) is 0.832. The Bertz CT molecular complexity index is 259. The molecule has 0 aromatic carbocycles. The van der Waals surface area contributed by atoms with Crippen LogP contribution in [-0.4, -0.2) is 49.3 Å². The predicted molar refractivity (Wildman–Crippen MR) is 75.8 cm³/mol. The van der Waals surface area contributed by atoms with Crippen LogP contribution in [-0.2, 0) is 4.74 Å². The smallest absolute Gasteiger partial charge is 0.0507 e. The van der Waals surface area contributed by atoms with E-state index < -0.39 is 0 Å². The van der Waals surface area contributed by atoms with Crippen molar-refractivity contribution in [1.29, 1.82) is 0 Å². The molecule has 3 nitrogen and oxygen atoms in total. The third kappa shape index (κ3) is 3.94. The minimum absolute atomic E-state index is 0.257. The molecule has 0 amide bonds. The minimum Gasteiger partial charge on any atom is -0.381 e. The van der Waals surface area contributed by atoms with Crippen molar-refractivity contribution in [2.45, 2.75) is 52.1 Å². The van der Waals surface area contributed by atoms with E-state index in [1.807, 2.05) is 0 Å². The van der Waals surface area contributed by atoms with E-state index >= 15 is 0 Å². The molecular weight excluding hydrogens is 224 g/mol. The summed E-state index contributed by atoms with van der Waals surface area (Å²) in [5.41, 5.74) is 0.257. The van der Waals surface area contributed by atoms with E-state index in [1.165, 1.54) is 25.9 Å². The van der Waals surface area contributed by atoms with E-state index in [0.29, 0.717) is 6.04 Å². The maximum atomic E-state index is 5.52. The van der Waals surface area contributed by atoms with Crippen LogP contribution < -0.4 is 5.32 Å². The summed E-state index contributed by atoms with van der Waals surface area (Å²) in [5, 5.41) is 3.70. The van der Waals surface area contributed by atoms with E-state index in [9.17, 15) is 0 Å². The fourth-order valence-corrected chi connectivity index (χ4v) is 3.27. The molecule has 0 spiro atoms. The summed E-state index contributed by atoms with van der Waals surface area (Å²) in [6.07, 6.45) is 2.55. The molecule has 2 heterocycles. The van der Waals surface area contributed by atoms with Gasteiger partial charge in [-0.25, -0.2) is 0 Å². The van der Waals surface area contributed by atoms with Gasteiger partial charge in [0, 0.05) is 37.8 Å². The van der Waals surface area contributed by atoms with Gasteiger partial charge in [-0.1, -0.05) is 13.8 Å². The van der Waals surface area contributed by atoms with Crippen LogP contribution in [0.25, 0.3) is 0 Å². The second kappa shape index (κ2) is 5.89. The molecule has 0 aliphatic carbocycles. The van der Waals surface area contributed by atoms with Crippen molar-refractivity contribution in [3.63, 3.8) is 0 Å². The number of piperazine rings is 1. The summed E-state index contributed by atoms with van der Waals surface area (Å²) in [6, 6.07) is 0.707. The first kappa shape index (κ1) is 14.3. The van der Waals surface area contributed by atoms with Gasteiger partial charge in [0.2, 0.25) is 0 Å². The predicted octanol–water partition coefficient (Wildman–Crippen LogP) is 2.12. The van der Waals surface area contributed by atoms with Gasteiger partial charge in [0.25, 0.3) is 0 Å². The van der Waals surface area contributed by atoms with Crippen LogP contribution in [0, 0.1) is 11.8 Å². The summed E-state index contributed by atoms with van der Waals surface area (Å²) in [4.78, 5) is 2.72. The van der Waals surface area contributed by atoms with Gasteiger partial charge in [0.05, 0.1) is 6.61 Å². The lowest BCUT2D eigenvalue weighted by Gasteiger charge is -2.46. The molecule has 2 aliphatic heterocycles. The SMILES string of the molecule is CC(C)CC1CNC(C)(C)CN1CC1CCOC1. The molecule has 2 unspecified atom stereocenters. The third-order valence-corrected chi connectivity index (χ3v) is 4.19. The van der Waals surface area contributed by atoms with E-state index in [-0.39, 0.29) is 5.54 Å². The molecule has 2 saturated heterocycles. The first-order chi connectivity index (χ1) is 8.46. The Morgan fingerprint density at radius 2 is 2.17 bits per heavy atom. The highest BCUT2D eigenvalue weighted by atomic mass is 16.5. The van der Waals surface area contributed by atoms with Gasteiger partial charge < -0.3 is 10.1 Å². The fraction of sp³-hybridized carbons (Fsp3) is 1.00. The van der Waals surface area contributed by atoms with Crippen LogP contribution >= 0.6 is 0 Å². The van der Waals surface area contributed by atoms with Crippen molar-refractivity contribution in [2.24, 2.45) is 11.8 Å². The van der Waals surface area contributed by atoms with Gasteiger partial charge >= 0.3 is 0 Å². The lowest BCUT2D eigenvalue weighted by atomic mass is 9.92. The van der Waals surface area contributed by atoms with Gasteiger partial charge in [-0.3, -0.25) is 4.90 Å². The Morgan fingerprint density at radius 3 is 2.78 bits per heavy atom. The maximum absolute atomic E-state index is 5.52. The Kier molecular flexibility index (Phi) is 4.68. The van der Waals surface area contributed by atoms with E-state index in [0.717, 1.165) is 31.6 Å². The molecule has 106 valence electrons. The molecule has 0 saturated carbocycles. The van der Waals surface area contributed by atoms with Crippen molar-refractivity contribution in [3.05, 3.63) is 0 Å². The van der Waals surface area contributed by atoms with Gasteiger partial charge in [0.1, 0.15) is 0 Å². The van der Waals surface area contributed by atoms with Gasteiger partial charge in [-0.15, -0.1) is 0 Å². The number of rotatable bonds is 4. The molecule has 0 aromatic heterocycles. The van der Waals surface area contributed by atoms with E-state index in [4.69, 9.17) is 4.74 Å². The lowest BCUT2D eigenvalue weighted by Crippen LogP contribution is -2.62. The Morgan fingerprint density at radius 1 is 1.39 bits per heavy atom. The monoisotopic (exact) mass is 254 g/mol. The highest BCUT2D eigenvalue weighted by Crippen LogP contribution is 2.23. The summed E-state index contributed by atoms with van der Waals surface area (Å²) >= 11 is 0. The zero-order valence-electron chi connectivity index (χ0n) is 12.5. The van der Waals surface area contributed by atoms with Crippen LogP contribution in [0.15, 0.2) is 0 Å². The van der Waals surface area contributed by atoms with Crippen molar-refractivity contribution in [1.82, 2.24) is 10.2 Å². The second-order valence-corrected chi connectivity index (χ2v) is 7.21. The first-order valence-electron chi connectivity index (χ1n) is 7.53. The second-order valence-electron chi connectivity index (χ2n) is 7.21. The largest absolute Gasteiger partial charge is 0.381 e. The summed E-state index contributed by atoms with van der Waals surface area (Å²) in [5.74, 6) is 1.54. The molecule has 0 bridgehead atoms. The van der Waals surface area contributed by atoms with Crippen molar-refractivity contribution < 1.29 is 4.74 Å². The molecule has 3 heteroatoms. The zero-order chi connectivity index (χ0) is 13.2. The molecular formula is C15H30N2O. The normalized spacial score (nSPS) is 33.2. The fourth-order valence-electron chi connectivity index (χ4n) is 3.27.